The number of amides is 2. The largest absolute Gasteiger partial charge is 0.510 e. The summed E-state index contributed by atoms with van der Waals surface area (Å²) in [6, 6.07) is 5.74. The summed E-state index contributed by atoms with van der Waals surface area (Å²) in [5.74, 6) is -2.85. The number of aliphatic hydroxyl groups is 1. The summed E-state index contributed by atoms with van der Waals surface area (Å²) in [4.78, 5) is 28.0. The van der Waals surface area contributed by atoms with Gasteiger partial charge in [0, 0.05) is 6.54 Å². The molecule has 1 aliphatic heterocycles. The molecule has 0 bridgehead atoms. The highest BCUT2D eigenvalue weighted by atomic mass is 19.1. The molecule has 0 radical (unpaired) electrons. The molecule has 6 heteroatoms. The van der Waals surface area contributed by atoms with Crippen molar-refractivity contribution in [3.05, 3.63) is 71.3 Å². The van der Waals surface area contributed by atoms with Gasteiger partial charge in [-0.15, -0.1) is 0 Å². The minimum absolute atomic E-state index is 0.0393. The quantitative estimate of drug-likeness (QED) is 0.838. The molecular weight excluding hydrogens is 299 g/mol. The van der Waals surface area contributed by atoms with E-state index in [1.165, 1.54) is 18.2 Å². The molecular formula is C17H13FN2O3. The van der Waals surface area contributed by atoms with Gasteiger partial charge in [0.05, 0.1) is 11.6 Å². The molecule has 1 heterocycles. The van der Waals surface area contributed by atoms with Gasteiger partial charge in [-0.3, -0.25) is 9.59 Å². The van der Waals surface area contributed by atoms with Crippen molar-refractivity contribution in [1.82, 2.24) is 5.32 Å². The molecule has 0 fully saturated rings. The van der Waals surface area contributed by atoms with Crippen LogP contribution in [0.3, 0.4) is 0 Å². The normalized spacial score (nSPS) is 19.4. The number of aliphatic imine (C=N–C) groups is 1. The first kappa shape index (κ1) is 14.9. The van der Waals surface area contributed by atoms with Crippen molar-refractivity contribution >= 4 is 17.5 Å². The number of carbonyl (C=O) groups excluding carboxylic acids is 2. The van der Waals surface area contributed by atoms with Gasteiger partial charge in [-0.25, -0.2) is 9.38 Å². The topological polar surface area (TPSA) is 78.8 Å². The monoisotopic (exact) mass is 312 g/mol. The molecule has 1 aromatic rings. The molecule has 2 aliphatic rings. The van der Waals surface area contributed by atoms with Crippen LogP contribution in [0.4, 0.5) is 4.39 Å². The van der Waals surface area contributed by atoms with Crippen molar-refractivity contribution in [2.45, 2.75) is 6.54 Å². The van der Waals surface area contributed by atoms with Crippen molar-refractivity contribution < 1.29 is 19.1 Å². The predicted molar refractivity (Wildman–Crippen MR) is 82.1 cm³/mol. The molecule has 1 aromatic carbocycles. The molecule has 2 amide bonds. The highest BCUT2D eigenvalue weighted by molar-refractivity contribution is 6.25. The van der Waals surface area contributed by atoms with E-state index < -0.39 is 23.5 Å². The van der Waals surface area contributed by atoms with Crippen LogP contribution in [0.2, 0.25) is 0 Å². The Morgan fingerprint density at radius 3 is 2.96 bits per heavy atom. The number of carbonyl (C=O) groups is 2. The van der Waals surface area contributed by atoms with Gasteiger partial charge >= 0.3 is 0 Å². The fourth-order valence-electron chi connectivity index (χ4n) is 2.44. The van der Waals surface area contributed by atoms with E-state index in [1.807, 2.05) is 0 Å². The summed E-state index contributed by atoms with van der Waals surface area (Å²) >= 11 is 0. The van der Waals surface area contributed by atoms with Gasteiger partial charge < -0.3 is 10.4 Å². The number of fused-ring (bicyclic) bond motifs is 1. The number of hydrogen-bond donors (Lipinski definition) is 2. The van der Waals surface area contributed by atoms with Gasteiger partial charge in [0.15, 0.2) is 0 Å². The minimum Gasteiger partial charge on any atom is -0.510 e. The van der Waals surface area contributed by atoms with E-state index in [-0.39, 0.29) is 17.9 Å². The van der Waals surface area contributed by atoms with Crippen LogP contribution < -0.4 is 5.32 Å². The molecule has 0 aromatic heterocycles. The Kier molecular flexibility index (Phi) is 3.89. The lowest BCUT2D eigenvalue weighted by molar-refractivity contribution is -0.122. The lowest BCUT2D eigenvalue weighted by Gasteiger charge is -2.21. The maximum atomic E-state index is 13.1. The van der Waals surface area contributed by atoms with Crippen LogP contribution in [0.1, 0.15) is 5.56 Å². The zero-order chi connectivity index (χ0) is 16.4. The van der Waals surface area contributed by atoms with Crippen molar-refractivity contribution in [3.8, 4) is 0 Å². The fourth-order valence-corrected chi connectivity index (χ4v) is 2.44. The number of nitrogens with one attached hydrogen (secondary N) is 1. The first-order chi connectivity index (χ1) is 11.1. The lowest BCUT2D eigenvalue weighted by atomic mass is 9.90. The second-order valence-electron chi connectivity index (χ2n) is 5.14. The summed E-state index contributed by atoms with van der Waals surface area (Å²) in [5.41, 5.74) is 0.568. The standard InChI is InChI=1S/C17H13FN2O3/c18-11-5-3-4-10(8-11)9-19-16(22)14-15(21)12-6-1-2-7-13(12)20-17(14)23/h1-8,12,21H,9H2,(H,19,22). The summed E-state index contributed by atoms with van der Waals surface area (Å²) in [6.45, 7) is 0.0393. The van der Waals surface area contributed by atoms with E-state index in [9.17, 15) is 19.1 Å². The van der Waals surface area contributed by atoms with Crippen molar-refractivity contribution in [1.29, 1.82) is 0 Å². The third kappa shape index (κ3) is 2.96. The van der Waals surface area contributed by atoms with Gasteiger partial charge in [-0.2, -0.15) is 0 Å². The maximum Gasteiger partial charge on any atom is 0.286 e. The Morgan fingerprint density at radius 2 is 2.17 bits per heavy atom. The van der Waals surface area contributed by atoms with Crippen LogP contribution >= 0.6 is 0 Å². The minimum atomic E-state index is -0.787. The van der Waals surface area contributed by atoms with Gasteiger partial charge in [0.2, 0.25) is 0 Å². The number of dihydropyridines is 1. The van der Waals surface area contributed by atoms with E-state index in [0.717, 1.165) is 0 Å². The third-order valence-electron chi connectivity index (χ3n) is 3.56. The number of rotatable bonds is 3. The summed E-state index contributed by atoms with van der Waals surface area (Å²) < 4.78 is 13.1. The average molecular weight is 312 g/mol. The molecule has 5 nitrogen and oxygen atoms in total. The molecule has 1 unspecified atom stereocenters. The molecule has 3 rings (SSSR count). The molecule has 1 atom stereocenters. The van der Waals surface area contributed by atoms with E-state index in [0.29, 0.717) is 11.3 Å². The second-order valence-corrected chi connectivity index (χ2v) is 5.14. The summed E-state index contributed by atoms with van der Waals surface area (Å²) in [5, 5.41) is 12.7. The molecule has 116 valence electrons. The average Bonchev–Trinajstić information content (AvgIpc) is 2.53. The zero-order valence-corrected chi connectivity index (χ0v) is 12.0. The van der Waals surface area contributed by atoms with Crippen LogP contribution in [0.25, 0.3) is 0 Å². The zero-order valence-electron chi connectivity index (χ0n) is 12.0. The smallest absolute Gasteiger partial charge is 0.286 e. The number of hydrogen-bond acceptors (Lipinski definition) is 3. The van der Waals surface area contributed by atoms with E-state index in [4.69, 9.17) is 0 Å². The Bertz CT molecular complexity index is 806. The summed E-state index contributed by atoms with van der Waals surface area (Å²) in [7, 11) is 0. The Labute approximate surface area is 131 Å². The predicted octanol–water partition coefficient (Wildman–Crippen LogP) is 1.98. The Morgan fingerprint density at radius 1 is 1.35 bits per heavy atom. The number of nitrogens with zero attached hydrogens (tertiary/aromatic N) is 1. The molecule has 23 heavy (non-hydrogen) atoms. The lowest BCUT2D eigenvalue weighted by Crippen LogP contribution is -2.34. The van der Waals surface area contributed by atoms with E-state index in [1.54, 1.807) is 30.4 Å². The molecule has 0 saturated heterocycles. The number of halogens is 1. The third-order valence-corrected chi connectivity index (χ3v) is 3.56. The second kappa shape index (κ2) is 6.00. The SMILES string of the molecule is O=C1N=C2C=CC=CC2C(O)=C1C(=O)NCc1cccc(F)c1. The van der Waals surface area contributed by atoms with Crippen molar-refractivity contribution in [3.63, 3.8) is 0 Å². The van der Waals surface area contributed by atoms with Gasteiger partial charge in [-0.05, 0) is 23.8 Å². The van der Waals surface area contributed by atoms with Gasteiger partial charge in [-0.1, -0.05) is 30.4 Å². The highest BCUT2D eigenvalue weighted by Crippen LogP contribution is 2.25. The first-order valence-electron chi connectivity index (χ1n) is 7.00. The van der Waals surface area contributed by atoms with Crippen LogP contribution in [-0.2, 0) is 16.1 Å². The molecule has 0 spiro atoms. The molecule has 0 saturated carbocycles. The highest BCUT2D eigenvalue weighted by Gasteiger charge is 2.33. The first-order valence-corrected chi connectivity index (χ1v) is 7.00. The number of benzene rings is 1. The van der Waals surface area contributed by atoms with Crippen LogP contribution in [0.15, 0.2) is 64.9 Å². The fraction of sp³-hybridized carbons (Fsp3) is 0.118. The van der Waals surface area contributed by atoms with Gasteiger partial charge in [0.25, 0.3) is 11.8 Å². The number of aliphatic hydroxyl groups excluding tert-OH is 1. The Hall–Kier alpha value is -3.02. The Balaban J connectivity index is 1.77. The van der Waals surface area contributed by atoms with E-state index in [2.05, 4.69) is 10.3 Å². The van der Waals surface area contributed by atoms with Gasteiger partial charge in [0.1, 0.15) is 17.1 Å². The molecule has 2 N–H and O–H groups in total. The molecule has 1 aliphatic carbocycles. The van der Waals surface area contributed by atoms with Crippen LogP contribution in [-0.4, -0.2) is 22.6 Å². The summed E-state index contributed by atoms with van der Waals surface area (Å²) in [6.07, 6.45) is 6.67. The van der Waals surface area contributed by atoms with Crippen molar-refractivity contribution in [2.75, 3.05) is 0 Å². The van der Waals surface area contributed by atoms with E-state index >= 15 is 0 Å². The van der Waals surface area contributed by atoms with Crippen molar-refractivity contribution in [2.24, 2.45) is 10.9 Å². The van der Waals surface area contributed by atoms with Crippen LogP contribution in [0, 0.1) is 11.7 Å². The van der Waals surface area contributed by atoms with Crippen LogP contribution in [0.5, 0.6) is 0 Å². The maximum absolute atomic E-state index is 13.1. The number of allylic oxidation sites excluding steroid dienone is 4.